The lowest BCUT2D eigenvalue weighted by Gasteiger charge is -2.12. The third-order valence-corrected chi connectivity index (χ3v) is 3.65. The van der Waals surface area contributed by atoms with Gasteiger partial charge in [-0.3, -0.25) is 9.48 Å². The van der Waals surface area contributed by atoms with Gasteiger partial charge < -0.3 is 4.74 Å². The summed E-state index contributed by atoms with van der Waals surface area (Å²) in [5, 5.41) is 4.41. The third-order valence-electron chi connectivity index (χ3n) is 3.65. The van der Waals surface area contributed by atoms with Gasteiger partial charge in [0.05, 0.1) is 17.8 Å². The highest BCUT2D eigenvalue weighted by molar-refractivity contribution is 5.78. The Bertz CT molecular complexity index is 606. The van der Waals surface area contributed by atoms with Gasteiger partial charge in [0.2, 0.25) is 0 Å². The lowest BCUT2D eigenvalue weighted by molar-refractivity contribution is 0.112. The fourth-order valence-corrected chi connectivity index (χ4v) is 2.61. The average molecular weight is 256 g/mol. The van der Waals surface area contributed by atoms with Crippen LogP contribution >= 0.6 is 0 Å². The first kappa shape index (κ1) is 12.0. The highest BCUT2D eigenvalue weighted by atomic mass is 16.5. The molecule has 19 heavy (non-hydrogen) atoms. The monoisotopic (exact) mass is 256 g/mol. The number of carbonyl (C=O) groups excluding carboxylic acids is 1. The van der Waals surface area contributed by atoms with E-state index < -0.39 is 0 Å². The summed E-state index contributed by atoms with van der Waals surface area (Å²) in [7, 11) is 0. The van der Waals surface area contributed by atoms with Crippen molar-refractivity contribution in [1.29, 1.82) is 0 Å². The minimum Gasteiger partial charge on any atom is -0.488 e. The molecule has 4 nitrogen and oxygen atoms in total. The van der Waals surface area contributed by atoms with Crippen molar-refractivity contribution in [3.63, 3.8) is 0 Å². The van der Waals surface area contributed by atoms with Gasteiger partial charge in [0.1, 0.15) is 11.9 Å². The zero-order chi connectivity index (χ0) is 13.4. The number of nitrogens with zero attached hydrogens (tertiary/aromatic N) is 2. The second-order valence-corrected chi connectivity index (χ2v) is 4.94. The SMILES string of the molecule is Cc1nn(CC2Cc3ccccc3O2)c(C)c1C=O. The van der Waals surface area contributed by atoms with Crippen molar-refractivity contribution in [3.05, 3.63) is 46.8 Å². The predicted molar refractivity (Wildman–Crippen MR) is 71.7 cm³/mol. The Morgan fingerprint density at radius 1 is 1.42 bits per heavy atom. The van der Waals surface area contributed by atoms with E-state index in [4.69, 9.17) is 4.74 Å². The molecule has 1 atom stereocenters. The Balaban J connectivity index is 1.80. The number of aldehydes is 1. The van der Waals surface area contributed by atoms with E-state index in [1.807, 2.05) is 36.7 Å². The van der Waals surface area contributed by atoms with Crippen molar-refractivity contribution in [2.45, 2.75) is 32.9 Å². The summed E-state index contributed by atoms with van der Waals surface area (Å²) in [4.78, 5) is 11.0. The molecule has 2 aromatic rings. The highest BCUT2D eigenvalue weighted by Crippen LogP contribution is 2.29. The number of hydrogen-bond donors (Lipinski definition) is 0. The summed E-state index contributed by atoms with van der Waals surface area (Å²) in [5.41, 5.74) is 3.62. The smallest absolute Gasteiger partial charge is 0.153 e. The summed E-state index contributed by atoms with van der Waals surface area (Å²) in [6.07, 6.45) is 1.86. The maximum atomic E-state index is 11.0. The molecule has 3 rings (SSSR count). The molecule has 1 aliphatic rings. The Morgan fingerprint density at radius 3 is 2.89 bits per heavy atom. The van der Waals surface area contributed by atoms with Gasteiger partial charge >= 0.3 is 0 Å². The fraction of sp³-hybridized carbons (Fsp3) is 0.333. The zero-order valence-electron chi connectivity index (χ0n) is 11.1. The molecule has 0 N–H and O–H groups in total. The normalized spacial score (nSPS) is 17.1. The van der Waals surface area contributed by atoms with E-state index in [9.17, 15) is 4.79 Å². The number of benzene rings is 1. The van der Waals surface area contributed by atoms with E-state index >= 15 is 0 Å². The largest absolute Gasteiger partial charge is 0.488 e. The van der Waals surface area contributed by atoms with Crippen LogP contribution in [0.25, 0.3) is 0 Å². The van der Waals surface area contributed by atoms with Crippen LogP contribution in [0, 0.1) is 13.8 Å². The summed E-state index contributed by atoms with van der Waals surface area (Å²) in [6, 6.07) is 8.09. The highest BCUT2D eigenvalue weighted by Gasteiger charge is 2.24. The molecule has 2 heterocycles. The lowest BCUT2D eigenvalue weighted by Crippen LogP contribution is -2.22. The molecule has 1 aromatic carbocycles. The Morgan fingerprint density at radius 2 is 2.21 bits per heavy atom. The minimum atomic E-state index is 0.0925. The number of hydrogen-bond acceptors (Lipinski definition) is 3. The molecule has 0 amide bonds. The molecule has 1 unspecified atom stereocenters. The van der Waals surface area contributed by atoms with Gasteiger partial charge in [-0.05, 0) is 25.5 Å². The summed E-state index contributed by atoms with van der Waals surface area (Å²) < 4.78 is 7.77. The molecule has 4 heteroatoms. The predicted octanol–water partition coefficient (Wildman–Crippen LogP) is 2.32. The van der Waals surface area contributed by atoms with Crippen LogP contribution in [0.3, 0.4) is 0 Å². The van der Waals surface area contributed by atoms with Crippen molar-refractivity contribution in [2.24, 2.45) is 0 Å². The molecule has 1 aromatic heterocycles. The molecule has 0 bridgehead atoms. The molecule has 0 saturated carbocycles. The number of rotatable bonds is 3. The first-order valence-electron chi connectivity index (χ1n) is 6.43. The van der Waals surface area contributed by atoms with Crippen molar-refractivity contribution in [1.82, 2.24) is 9.78 Å². The molecule has 0 aliphatic carbocycles. The van der Waals surface area contributed by atoms with Crippen LogP contribution < -0.4 is 4.74 Å². The second-order valence-electron chi connectivity index (χ2n) is 4.94. The molecule has 98 valence electrons. The molecule has 0 spiro atoms. The van der Waals surface area contributed by atoms with Gasteiger partial charge in [0.15, 0.2) is 6.29 Å². The van der Waals surface area contributed by atoms with Crippen LogP contribution in [0.5, 0.6) is 5.75 Å². The maximum Gasteiger partial charge on any atom is 0.153 e. The average Bonchev–Trinajstić information content (AvgIpc) is 2.91. The summed E-state index contributed by atoms with van der Waals surface area (Å²) >= 11 is 0. The van der Waals surface area contributed by atoms with Crippen LogP contribution in [-0.4, -0.2) is 22.2 Å². The topological polar surface area (TPSA) is 44.1 Å². The number of para-hydroxylation sites is 1. The number of ether oxygens (including phenoxy) is 1. The van der Waals surface area contributed by atoms with E-state index in [1.54, 1.807) is 0 Å². The minimum absolute atomic E-state index is 0.0925. The number of aryl methyl sites for hydroxylation is 1. The molecular weight excluding hydrogens is 240 g/mol. The van der Waals surface area contributed by atoms with Gasteiger partial charge in [0.25, 0.3) is 0 Å². The van der Waals surface area contributed by atoms with Crippen LogP contribution in [0.15, 0.2) is 24.3 Å². The van der Waals surface area contributed by atoms with Crippen molar-refractivity contribution < 1.29 is 9.53 Å². The second kappa shape index (κ2) is 4.53. The Kier molecular flexibility index (Phi) is 2.85. The quantitative estimate of drug-likeness (QED) is 0.792. The van der Waals surface area contributed by atoms with Gasteiger partial charge in [0, 0.05) is 12.1 Å². The first-order valence-corrected chi connectivity index (χ1v) is 6.43. The lowest BCUT2D eigenvalue weighted by atomic mass is 10.1. The van der Waals surface area contributed by atoms with Crippen LogP contribution in [0.4, 0.5) is 0 Å². The van der Waals surface area contributed by atoms with Crippen LogP contribution in [0.2, 0.25) is 0 Å². The van der Waals surface area contributed by atoms with Crippen LogP contribution in [-0.2, 0) is 13.0 Å². The number of carbonyl (C=O) groups is 1. The Labute approximate surface area is 112 Å². The number of aromatic nitrogens is 2. The van der Waals surface area contributed by atoms with Crippen molar-refractivity contribution >= 4 is 6.29 Å². The molecular formula is C15H16N2O2. The van der Waals surface area contributed by atoms with Gasteiger partial charge in [-0.1, -0.05) is 18.2 Å². The van der Waals surface area contributed by atoms with E-state index in [0.717, 1.165) is 29.8 Å². The van der Waals surface area contributed by atoms with Crippen LogP contribution in [0.1, 0.15) is 27.3 Å². The summed E-state index contributed by atoms with van der Waals surface area (Å²) in [6.45, 7) is 4.46. The summed E-state index contributed by atoms with van der Waals surface area (Å²) in [5.74, 6) is 0.963. The van der Waals surface area contributed by atoms with Gasteiger partial charge in [-0.2, -0.15) is 5.10 Å². The molecule has 0 radical (unpaired) electrons. The molecule has 0 fully saturated rings. The van der Waals surface area contributed by atoms with E-state index in [0.29, 0.717) is 12.1 Å². The van der Waals surface area contributed by atoms with Crippen molar-refractivity contribution in [2.75, 3.05) is 0 Å². The zero-order valence-corrected chi connectivity index (χ0v) is 11.1. The first-order chi connectivity index (χ1) is 9.19. The van der Waals surface area contributed by atoms with E-state index in [1.165, 1.54) is 5.56 Å². The number of fused-ring (bicyclic) bond motifs is 1. The third kappa shape index (κ3) is 2.03. The van der Waals surface area contributed by atoms with Gasteiger partial charge in [-0.15, -0.1) is 0 Å². The van der Waals surface area contributed by atoms with E-state index in [2.05, 4.69) is 11.2 Å². The van der Waals surface area contributed by atoms with Gasteiger partial charge in [-0.25, -0.2) is 0 Å². The maximum absolute atomic E-state index is 11.0. The Hall–Kier alpha value is -2.10. The fourth-order valence-electron chi connectivity index (χ4n) is 2.61. The standard InChI is InChI=1S/C15H16N2O2/c1-10-14(9-18)11(2)17(16-10)8-13-7-12-5-3-4-6-15(12)19-13/h3-6,9,13H,7-8H2,1-2H3. The molecule has 1 aliphatic heterocycles. The molecule has 0 saturated heterocycles. The van der Waals surface area contributed by atoms with E-state index in [-0.39, 0.29) is 6.10 Å². The van der Waals surface area contributed by atoms with Crippen molar-refractivity contribution in [3.8, 4) is 5.75 Å².